The van der Waals surface area contributed by atoms with Gasteiger partial charge in [-0.1, -0.05) is 24.3 Å². The van der Waals surface area contributed by atoms with E-state index in [1.165, 1.54) is 12.0 Å². The summed E-state index contributed by atoms with van der Waals surface area (Å²) < 4.78 is 0. The molecule has 0 saturated carbocycles. The Morgan fingerprint density at radius 3 is 3.44 bits per heavy atom. The van der Waals surface area contributed by atoms with Crippen LogP contribution in [-0.2, 0) is 0 Å². The standard InChI is InChI=1S/C8H8S/c1-2-4-8-7(3-1)5-6-9-8/h1-3,5-6,8H,4H2. The Hall–Kier alpha value is -0.430. The first kappa shape index (κ1) is 5.36. The van der Waals surface area contributed by atoms with E-state index in [1.54, 1.807) is 0 Å². The monoisotopic (exact) mass is 136 g/mol. The third-order valence-electron chi connectivity index (χ3n) is 1.65. The first-order valence-corrected chi connectivity index (χ1v) is 4.10. The molecule has 1 heteroatoms. The number of fused-ring (bicyclic) bond motifs is 1. The Morgan fingerprint density at radius 1 is 1.56 bits per heavy atom. The number of allylic oxidation sites excluding steroid dienone is 4. The second kappa shape index (κ2) is 2.07. The van der Waals surface area contributed by atoms with Crippen molar-refractivity contribution in [2.75, 3.05) is 0 Å². The molecule has 1 heterocycles. The molecular weight excluding hydrogens is 128 g/mol. The van der Waals surface area contributed by atoms with Crippen molar-refractivity contribution in [1.29, 1.82) is 0 Å². The van der Waals surface area contributed by atoms with Gasteiger partial charge in [-0.3, -0.25) is 0 Å². The van der Waals surface area contributed by atoms with E-state index in [0.29, 0.717) is 0 Å². The average molecular weight is 136 g/mol. The highest BCUT2D eigenvalue weighted by molar-refractivity contribution is 8.03. The summed E-state index contributed by atoms with van der Waals surface area (Å²) in [7, 11) is 0. The van der Waals surface area contributed by atoms with Crippen molar-refractivity contribution >= 4 is 11.8 Å². The van der Waals surface area contributed by atoms with E-state index in [1.807, 2.05) is 11.8 Å². The fourth-order valence-electron chi connectivity index (χ4n) is 1.13. The molecule has 0 aromatic carbocycles. The quantitative estimate of drug-likeness (QED) is 0.493. The van der Waals surface area contributed by atoms with Crippen molar-refractivity contribution in [2.24, 2.45) is 0 Å². The van der Waals surface area contributed by atoms with Crippen LogP contribution in [0.15, 0.2) is 35.3 Å². The van der Waals surface area contributed by atoms with Crippen molar-refractivity contribution < 1.29 is 0 Å². The largest absolute Gasteiger partial charge is 0.126 e. The molecule has 0 saturated heterocycles. The maximum Gasteiger partial charge on any atom is 0.0373 e. The van der Waals surface area contributed by atoms with Crippen LogP contribution >= 0.6 is 11.8 Å². The fourth-order valence-corrected chi connectivity index (χ4v) is 2.10. The van der Waals surface area contributed by atoms with Gasteiger partial charge in [0.2, 0.25) is 0 Å². The molecule has 0 nitrogen and oxygen atoms in total. The van der Waals surface area contributed by atoms with Crippen LogP contribution in [0.4, 0.5) is 0 Å². The highest BCUT2D eigenvalue weighted by Gasteiger charge is 2.15. The molecule has 1 unspecified atom stereocenters. The maximum atomic E-state index is 2.23. The van der Waals surface area contributed by atoms with Gasteiger partial charge in [0, 0.05) is 5.25 Å². The number of hydrogen-bond donors (Lipinski definition) is 0. The normalized spacial score (nSPS) is 30.2. The van der Waals surface area contributed by atoms with E-state index in [4.69, 9.17) is 0 Å². The maximum absolute atomic E-state index is 2.23. The van der Waals surface area contributed by atoms with Gasteiger partial charge in [0.05, 0.1) is 0 Å². The van der Waals surface area contributed by atoms with E-state index in [0.717, 1.165) is 5.25 Å². The van der Waals surface area contributed by atoms with Crippen molar-refractivity contribution in [1.82, 2.24) is 0 Å². The zero-order valence-electron chi connectivity index (χ0n) is 5.08. The zero-order chi connectivity index (χ0) is 6.10. The Kier molecular flexibility index (Phi) is 1.23. The first-order chi connectivity index (χ1) is 4.47. The van der Waals surface area contributed by atoms with E-state index < -0.39 is 0 Å². The van der Waals surface area contributed by atoms with E-state index in [9.17, 15) is 0 Å². The molecule has 0 aromatic rings. The summed E-state index contributed by atoms with van der Waals surface area (Å²) in [5.41, 5.74) is 1.49. The van der Waals surface area contributed by atoms with Crippen LogP contribution in [-0.4, -0.2) is 5.25 Å². The Labute approximate surface area is 59.3 Å². The lowest BCUT2D eigenvalue weighted by Gasteiger charge is -2.10. The molecule has 0 spiro atoms. The predicted molar refractivity (Wildman–Crippen MR) is 42.4 cm³/mol. The van der Waals surface area contributed by atoms with Crippen molar-refractivity contribution in [3.63, 3.8) is 0 Å². The summed E-state index contributed by atoms with van der Waals surface area (Å²) in [6, 6.07) is 0. The summed E-state index contributed by atoms with van der Waals surface area (Å²) in [6.07, 6.45) is 9.99. The molecular formula is C8H8S. The smallest absolute Gasteiger partial charge is 0.0373 e. The van der Waals surface area contributed by atoms with Gasteiger partial charge >= 0.3 is 0 Å². The van der Waals surface area contributed by atoms with Crippen LogP contribution in [0.2, 0.25) is 0 Å². The summed E-state index contributed by atoms with van der Waals surface area (Å²) in [4.78, 5) is 0. The molecule has 0 aromatic heterocycles. The molecule has 9 heavy (non-hydrogen) atoms. The minimum atomic E-state index is 0.745. The molecule has 2 aliphatic rings. The van der Waals surface area contributed by atoms with Crippen LogP contribution in [0.5, 0.6) is 0 Å². The molecule has 46 valence electrons. The Balaban J connectivity index is 2.31. The molecule has 0 radical (unpaired) electrons. The highest BCUT2D eigenvalue weighted by atomic mass is 32.2. The van der Waals surface area contributed by atoms with Crippen LogP contribution < -0.4 is 0 Å². The summed E-state index contributed by atoms with van der Waals surface area (Å²) in [5.74, 6) is 0. The number of hydrogen-bond acceptors (Lipinski definition) is 1. The molecule has 1 aliphatic heterocycles. The van der Waals surface area contributed by atoms with Crippen LogP contribution in [0.1, 0.15) is 6.42 Å². The number of rotatable bonds is 0. The fraction of sp³-hybridized carbons (Fsp3) is 0.250. The predicted octanol–water partition coefficient (Wildman–Crippen LogP) is 2.50. The molecule has 1 atom stereocenters. The SMILES string of the molecule is C1=CCC2SC=CC2=C1. The van der Waals surface area contributed by atoms with E-state index in [-0.39, 0.29) is 0 Å². The lowest BCUT2D eigenvalue weighted by atomic mass is 10.1. The summed E-state index contributed by atoms with van der Waals surface area (Å²) >= 11 is 1.93. The lowest BCUT2D eigenvalue weighted by molar-refractivity contribution is 1.02. The van der Waals surface area contributed by atoms with Gasteiger partial charge in [0.25, 0.3) is 0 Å². The first-order valence-electron chi connectivity index (χ1n) is 3.15. The van der Waals surface area contributed by atoms with Crippen LogP contribution in [0.25, 0.3) is 0 Å². The average Bonchev–Trinajstić information content (AvgIpc) is 2.33. The minimum Gasteiger partial charge on any atom is -0.126 e. The van der Waals surface area contributed by atoms with Crippen molar-refractivity contribution in [3.05, 3.63) is 35.3 Å². The van der Waals surface area contributed by atoms with E-state index >= 15 is 0 Å². The van der Waals surface area contributed by atoms with Crippen molar-refractivity contribution in [2.45, 2.75) is 11.7 Å². The highest BCUT2D eigenvalue weighted by Crippen LogP contribution is 2.33. The van der Waals surface area contributed by atoms with Gasteiger partial charge in [-0.25, -0.2) is 0 Å². The van der Waals surface area contributed by atoms with Crippen molar-refractivity contribution in [3.8, 4) is 0 Å². The Bertz CT molecular complexity index is 199. The van der Waals surface area contributed by atoms with Gasteiger partial charge in [0.1, 0.15) is 0 Å². The van der Waals surface area contributed by atoms with Gasteiger partial charge < -0.3 is 0 Å². The molecule has 0 amide bonds. The molecule has 1 aliphatic carbocycles. The molecule has 0 N–H and O–H groups in total. The van der Waals surface area contributed by atoms with Crippen LogP contribution in [0, 0.1) is 0 Å². The van der Waals surface area contributed by atoms with Gasteiger partial charge in [-0.15, -0.1) is 11.8 Å². The van der Waals surface area contributed by atoms with Gasteiger partial charge in [0.15, 0.2) is 0 Å². The summed E-state index contributed by atoms with van der Waals surface area (Å²) in [5, 5.41) is 2.93. The second-order valence-corrected chi connectivity index (χ2v) is 3.37. The van der Waals surface area contributed by atoms with Crippen LogP contribution in [0.3, 0.4) is 0 Å². The second-order valence-electron chi connectivity index (χ2n) is 2.26. The van der Waals surface area contributed by atoms with Gasteiger partial charge in [-0.2, -0.15) is 0 Å². The summed E-state index contributed by atoms with van der Waals surface area (Å²) in [6.45, 7) is 0. The molecule has 0 bridgehead atoms. The third kappa shape index (κ3) is 0.855. The lowest BCUT2D eigenvalue weighted by Crippen LogP contribution is -2.00. The number of thioether (sulfide) groups is 1. The molecule has 2 rings (SSSR count). The van der Waals surface area contributed by atoms with E-state index in [2.05, 4.69) is 29.7 Å². The van der Waals surface area contributed by atoms with Gasteiger partial charge in [-0.05, 0) is 17.4 Å². The zero-order valence-corrected chi connectivity index (χ0v) is 5.90. The minimum absolute atomic E-state index is 0.745. The third-order valence-corrected chi connectivity index (χ3v) is 2.74. The Morgan fingerprint density at radius 2 is 2.56 bits per heavy atom. The molecule has 0 fully saturated rings. The topological polar surface area (TPSA) is 0 Å².